The molecular formula is C8H11N3O2S. The molecule has 1 aromatic heterocycles. The second kappa shape index (κ2) is 4.92. The molecule has 0 bridgehead atoms. The van der Waals surface area contributed by atoms with Gasteiger partial charge in [-0.2, -0.15) is 0 Å². The summed E-state index contributed by atoms with van der Waals surface area (Å²) in [6, 6.07) is 3.08. The van der Waals surface area contributed by atoms with E-state index in [-0.39, 0.29) is 5.82 Å². The quantitative estimate of drug-likeness (QED) is 0.469. The Labute approximate surface area is 87.4 Å². The van der Waals surface area contributed by atoms with Gasteiger partial charge in [-0.1, -0.05) is 19.7 Å². The summed E-state index contributed by atoms with van der Waals surface area (Å²) >= 11 is 4.18. The van der Waals surface area contributed by atoms with Crippen LogP contribution in [0.25, 0.3) is 0 Å². The lowest BCUT2D eigenvalue weighted by Crippen LogP contribution is -2.10. The van der Waals surface area contributed by atoms with Gasteiger partial charge in [0.2, 0.25) is 0 Å². The molecule has 0 N–H and O–H groups in total. The Morgan fingerprint density at radius 1 is 1.64 bits per heavy atom. The van der Waals surface area contributed by atoms with Crippen LogP contribution in [0.4, 0.5) is 5.82 Å². The van der Waals surface area contributed by atoms with Crippen LogP contribution in [0.3, 0.4) is 0 Å². The van der Waals surface area contributed by atoms with Crippen molar-refractivity contribution in [1.29, 1.82) is 0 Å². The fraction of sp³-hybridized carbons (Fsp3) is 0.375. The number of hydrogen-bond acceptors (Lipinski definition) is 5. The molecule has 0 radical (unpaired) electrons. The summed E-state index contributed by atoms with van der Waals surface area (Å²) in [7, 11) is 0. The molecule has 0 spiro atoms. The largest absolute Gasteiger partial charge is 0.363 e. The molecule has 76 valence electrons. The molecule has 0 saturated heterocycles. The maximum atomic E-state index is 10.3. The second-order valence-corrected chi connectivity index (χ2v) is 3.33. The van der Waals surface area contributed by atoms with E-state index in [0.29, 0.717) is 6.54 Å². The SMILES string of the molecule is CCN(S)Cc1ccc([N+](=O)[O-])nc1. The second-order valence-electron chi connectivity index (χ2n) is 2.76. The molecule has 14 heavy (non-hydrogen) atoms. The van der Waals surface area contributed by atoms with Gasteiger partial charge in [-0.25, -0.2) is 4.31 Å². The van der Waals surface area contributed by atoms with Gasteiger partial charge in [0.1, 0.15) is 6.20 Å². The molecule has 1 rings (SSSR count). The first-order chi connectivity index (χ1) is 6.63. The van der Waals surface area contributed by atoms with Crippen molar-refractivity contribution in [3.63, 3.8) is 0 Å². The van der Waals surface area contributed by atoms with Crippen molar-refractivity contribution in [3.05, 3.63) is 34.0 Å². The molecule has 0 unspecified atom stereocenters. The normalized spacial score (nSPS) is 10.5. The Balaban J connectivity index is 2.68. The number of pyridine rings is 1. The Morgan fingerprint density at radius 3 is 2.79 bits per heavy atom. The third-order valence-corrected chi connectivity index (χ3v) is 2.15. The molecule has 0 aromatic carbocycles. The molecule has 0 aliphatic heterocycles. The monoisotopic (exact) mass is 213 g/mol. The topological polar surface area (TPSA) is 59.3 Å². The predicted molar refractivity (Wildman–Crippen MR) is 56.0 cm³/mol. The van der Waals surface area contributed by atoms with Crippen LogP contribution >= 0.6 is 12.8 Å². The Morgan fingerprint density at radius 2 is 2.36 bits per heavy atom. The van der Waals surface area contributed by atoms with Gasteiger partial charge in [-0.05, 0) is 16.0 Å². The van der Waals surface area contributed by atoms with E-state index >= 15 is 0 Å². The zero-order chi connectivity index (χ0) is 10.6. The first kappa shape index (κ1) is 10.9. The summed E-state index contributed by atoms with van der Waals surface area (Å²) in [5, 5.41) is 10.3. The highest BCUT2D eigenvalue weighted by Crippen LogP contribution is 2.10. The van der Waals surface area contributed by atoms with Crippen molar-refractivity contribution in [2.75, 3.05) is 6.54 Å². The van der Waals surface area contributed by atoms with Gasteiger partial charge in [0.05, 0.1) is 0 Å². The minimum atomic E-state index is -0.512. The zero-order valence-corrected chi connectivity index (χ0v) is 8.65. The molecule has 0 amide bonds. The van der Waals surface area contributed by atoms with E-state index < -0.39 is 4.92 Å². The summed E-state index contributed by atoms with van der Waals surface area (Å²) in [4.78, 5) is 13.5. The first-order valence-corrected chi connectivity index (χ1v) is 4.56. The van der Waals surface area contributed by atoms with Crippen molar-refractivity contribution in [2.45, 2.75) is 13.5 Å². The number of nitro groups is 1. The van der Waals surface area contributed by atoms with E-state index in [0.717, 1.165) is 12.1 Å². The van der Waals surface area contributed by atoms with Crippen LogP contribution in [0.5, 0.6) is 0 Å². The van der Waals surface area contributed by atoms with Crippen molar-refractivity contribution >= 4 is 18.6 Å². The van der Waals surface area contributed by atoms with Gasteiger partial charge < -0.3 is 10.1 Å². The minimum Gasteiger partial charge on any atom is -0.358 e. The van der Waals surface area contributed by atoms with Crippen LogP contribution in [0.1, 0.15) is 12.5 Å². The lowest BCUT2D eigenvalue weighted by molar-refractivity contribution is -0.389. The van der Waals surface area contributed by atoms with Gasteiger partial charge >= 0.3 is 5.82 Å². The summed E-state index contributed by atoms with van der Waals surface area (Å²) in [6.45, 7) is 3.41. The average Bonchev–Trinajstić information content (AvgIpc) is 2.18. The van der Waals surface area contributed by atoms with E-state index in [1.54, 1.807) is 10.4 Å². The van der Waals surface area contributed by atoms with Gasteiger partial charge in [0.15, 0.2) is 0 Å². The number of nitrogens with zero attached hydrogens (tertiary/aromatic N) is 3. The highest BCUT2D eigenvalue weighted by Gasteiger charge is 2.07. The summed E-state index contributed by atoms with van der Waals surface area (Å²) < 4.78 is 1.79. The summed E-state index contributed by atoms with van der Waals surface area (Å²) in [5.74, 6) is -0.129. The molecule has 0 aliphatic rings. The van der Waals surface area contributed by atoms with E-state index in [1.165, 1.54) is 12.3 Å². The van der Waals surface area contributed by atoms with Gasteiger partial charge in [0.25, 0.3) is 0 Å². The number of hydrogen-bond donors (Lipinski definition) is 1. The van der Waals surface area contributed by atoms with Crippen molar-refractivity contribution in [3.8, 4) is 0 Å². The van der Waals surface area contributed by atoms with E-state index in [2.05, 4.69) is 17.8 Å². The summed E-state index contributed by atoms with van der Waals surface area (Å²) in [5.41, 5.74) is 0.910. The standard InChI is InChI=1S/C8H11N3O2S/c1-2-10(14)6-7-3-4-8(9-5-7)11(12)13/h3-5,14H,2,6H2,1H3. The van der Waals surface area contributed by atoms with Crippen molar-refractivity contribution in [1.82, 2.24) is 9.29 Å². The maximum absolute atomic E-state index is 10.3. The third kappa shape index (κ3) is 2.97. The van der Waals surface area contributed by atoms with Crippen LogP contribution in [0.15, 0.2) is 18.3 Å². The van der Waals surface area contributed by atoms with E-state index in [1.807, 2.05) is 6.92 Å². The van der Waals surface area contributed by atoms with Crippen LogP contribution < -0.4 is 0 Å². The smallest absolute Gasteiger partial charge is 0.358 e. The summed E-state index contributed by atoms with van der Waals surface area (Å²) in [6.07, 6.45) is 1.50. The molecule has 1 aromatic rings. The van der Waals surface area contributed by atoms with Gasteiger partial charge in [-0.15, -0.1) is 0 Å². The Hall–Kier alpha value is -1.14. The molecule has 0 aliphatic carbocycles. The number of aromatic nitrogens is 1. The number of rotatable bonds is 4. The molecule has 0 fully saturated rings. The molecule has 1 heterocycles. The lowest BCUT2D eigenvalue weighted by Gasteiger charge is -2.10. The molecule has 0 atom stereocenters. The van der Waals surface area contributed by atoms with Crippen molar-refractivity contribution < 1.29 is 4.92 Å². The van der Waals surface area contributed by atoms with Gasteiger partial charge in [-0.3, -0.25) is 0 Å². The fourth-order valence-corrected chi connectivity index (χ4v) is 1.10. The number of thiol groups is 1. The third-order valence-electron chi connectivity index (χ3n) is 1.73. The Kier molecular flexibility index (Phi) is 3.84. The fourth-order valence-electron chi connectivity index (χ4n) is 0.941. The van der Waals surface area contributed by atoms with Crippen LogP contribution in [0, 0.1) is 10.1 Å². The van der Waals surface area contributed by atoms with Crippen molar-refractivity contribution in [2.24, 2.45) is 0 Å². The highest BCUT2D eigenvalue weighted by atomic mass is 32.1. The van der Waals surface area contributed by atoms with E-state index in [4.69, 9.17) is 0 Å². The Bertz CT molecular complexity index is 315. The lowest BCUT2D eigenvalue weighted by atomic mass is 10.3. The molecule has 0 saturated carbocycles. The van der Waals surface area contributed by atoms with Crippen LogP contribution in [-0.2, 0) is 6.54 Å². The average molecular weight is 213 g/mol. The highest BCUT2D eigenvalue weighted by molar-refractivity contribution is 7.77. The predicted octanol–water partition coefficient (Wildman–Crippen LogP) is 1.66. The molecule has 5 nitrogen and oxygen atoms in total. The maximum Gasteiger partial charge on any atom is 0.363 e. The van der Waals surface area contributed by atoms with Gasteiger partial charge in [0, 0.05) is 24.7 Å². The first-order valence-electron chi connectivity index (χ1n) is 4.16. The van der Waals surface area contributed by atoms with Crippen LogP contribution in [0.2, 0.25) is 0 Å². The zero-order valence-electron chi connectivity index (χ0n) is 7.75. The van der Waals surface area contributed by atoms with E-state index in [9.17, 15) is 10.1 Å². The molecular weight excluding hydrogens is 202 g/mol. The van der Waals surface area contributed by atoms with Crippen LogP contribution in [-0.4, -0.2) is 20.8 Å². The molecule has 6 heteroatoms. The minimum absolute atomic E-state index is 0.129.